The Hall–Kier alpha value is -2.14. The van der Waals surface area contributed by atoms with Gasteiger partial charge in [-0.2, -0.15) is 19.6 Å². The quantitative estimate of drug-likeness (QED) is 0.706. The molecule has 0 aliphatic heterocycles. The average molecular weight is 344 g/mol. The second-order valence-corrected chi connectivity index (χ2v) is 7.50. The van der Waals surface area contributed by atoms with Crippen molar-refractivity contribution in [2.45, 2.75) is 40.7 Å². The van der Waals surface area contributed by atoms with Crippen molar-refractivity contribution >= 4 is 23.2 Å². The van der Waals surface area contributed by atoms with Crippen molar-refractivity contribution in [3.63, 3.8) is 0 Å². The van der Waals surface area contributed by atoms with Gasteiger partial charge in [-0.15, -0.1) is 0 Å². The lowest BCUT2D eigenvalue weighted by Gasteiger charge is -2.30. The molecule has 2 aromatic heterocycles. The first kappa shape index (κ1) is 16.7. The molecular formula is C18H22ClN5. The molecule has 0 fully saturated rings. The highest BCUT2D eigenvalue weighted by atomic mass is 35.5. The van der Waals surface area contributed by atoms with Crippen LogP contribution in [0.15, 0.2) is 30.6 Å². The van der Waals surface area contributed by atoms with Gasteiger partial charge in [0.15, 0.2) is 0 Å². The summed E-state index contributed by atoms with van der Waals surface area (Å²) in [6.07, 6.45) is 1.49. The first-order chi connectivity index (χ1) is 11.3. The monoisotopic (exact) mass is 343 g/mol. The molecule has 5 nitrogen and oxygen atoms in total. The Bertz CT molecular complexity index is 879. The molecule has 0 radical (unpaired) electrons. The number of rotatable bonds is 3. The van der Waals surface area contributed by atoms with Crippen LogP contribution in [-0.4, -0.2) is 25.6 Å². The molecule has 24 heavy (non-hydrogen) atoms. The summed E-state index contributed by atoms with van der Waals surface area (Å²) in [6, 6.07) is 8.33. The number of fused-ring (bicyclic) bond motifs is 1. The highest BCUT2D eigenvalue weighted by Gasteiger charge is 2.25. The first-order valence-electron chi connectivity index (χ1n) is 8.01. The second kappa shape index (κ2) is 6.06. The van der Waals surface area contributed by atoms with E-state index >= 15 is 0 Å². The summed E-state index contributed by atoms with van der Waals surface area (Å²) in [5.41, 5.74) is 3.10. The lowest BCUT2D eigenvalue weighted by Crippen LogP contribution is -2.32. The number of hydrogen-bond donors (Lipinski definition) is 1. The molecule has 0 bridgehead atoms. The van der Waals surface area contributed by atoms with E-state index in [1.165, 1.54) is 6.33 Å². The molecular weight excluding hydrogens is 322 g/mol. The van der Waals surface area contributed by atoms with E-state index in [1.54, 1.807) is 4.52 Å². The molecule has 1 N–H and O–H groups in total. The Morgan fingerprint density at radius 2 is 1.92 bits per heavy atom. The van der Waals surface area contributed by atoms with E-state index in [4.69, 9.17) is 11.6 Å². The van der Waals surface area contributed by atoms with E-state index < -0.39 is 0 Å². The Balaban J connectivity index is 2.26. The molecule has 6 heteroatoms. The highest BCUT2D eigenvalue weighted by molar-refractivity contribution is 6.33. The van der Waals surface area contributed by atoms with Gasteiger partial charge in [-0.25, -0.2) is 0 Å². The second-order valence-electron chi connectivity index (χ2n) is 7.15. The summed E-state index contributed by atoms with van der Waals surface area (Å²) in [5.74, 6) is 1.31. The lowest BCUT2D eigenvalue weighted by atomic mass is 9.88. The van der Waals surface area contributed by atoms with Crippen molar-refractivity contribution in [3.8, 4) is 11.1 Å². The van der Waals surface area contributed by atoms with Crippen LogP contribution in [0.1, 0.15) is 33.3 Å². The largest absolute Gasteiger partial charge is 0.366 e. The van der Waals surface area contributed by atoms with Crippen LogP contribution < -0.4 is 5.32 Å². The first-order valence-corrected chi connectivity index (χ1v) is 8.38. The SMILES string of the molecule is Cc1ccccc1-c1c(Cl)nc2ncnn2c1NC(C)C(C)(C)C. The number of aryl methyl sites for hydroxylation is 1. The van der Waals surface area contributed by atoms with Gasteiger partial charge in [-0.05, 0) is 30.4 Å². The van der Waals surface area contributed by atoms with Gasteiger partial charge in [-0.1, -0.05) is 56.6 Å². The maximum absolute atomic E-state index is 6.54. The van der Waals surface area contributed by atoms with Crippen molar-refractivity contribution in [1.82, 2.24) is 19.6 Å². The number of halogens is 1. The molecule has 0 spiro atoms. The molecule has 0 amide bonds. The molecule has 1 atom stereocenters. The van der Waals surface area contributed by atoms with Gasteiger partial charge >= 0.3 is 0 Å². The van der Waals surface area contributed by atoms with Crippen LogP contribution in [0.25, 0.3) is 16.9 Å². The normalized spacial score (nSPS) is 13.2. The van der Waals surface area contributed by atoms with Crippen LogP contribution in [0.2, 0.25) is 5.15 Å². The molecule has 1 unspecified atom stereocenters. The zero-order valence-corrected chi connectivity index (χ0v) is 15.4. The van der Waals surface area contributed by atoms with Crippen LogP contribution in [0.5, 0.6) is 0 Å². The van der Waals surface area contributed by atoms with Gasteiger partial charge in [0.1, 0.15) is 17.3 Å². The molecule has 0 saturated heterocycles. The molecule has 3 aromatic rings. The summed E-state index contributed by atoms with van der Waals surface area (Å²) in [6.45, 7) is 10.8. The molecule has 126 valence electrons. The molecule has 0 saturated carbocycles. The summed E-state index contributed by atoms with van der Waals surface area (Å²) in [5, 5.41) is 8.34. The molecule has 0 aliphatic rings. The number of nitrogens with zero attached hydrogens (tertiary/aromatic N) is 4. The zero-order valence-electron chi connectivity index (χ0n) is 14.6. The summed E-state index contributed by atoms with van der Waals surface area (Å²) in [7, 11) is 0. The smallest absolute Gasteiger partial charge is 0.255 e. The van der Waals surface area contributed by atoms with Gasteiger partial charge < -0.3 is 5.32 Å². The van der Waals surface area contributed by atoms with Crippen LogP contribution in [-0.2, 0) is 0 Å². The maximum atomic E-state index is 6.54. The molecule has 0 aliphatic carbocycles. The van der Waals surface area contributed by atoms with Crippen LogP contribution in [0.4, 0.5) is 5.82 Å². The third-order valence-corrected chi connectivity index (χ3v) is 4.72. The van der Waals surface area contributed by atoms with Crippen molar-refractivity contribution in [1.29, 1.82) is 0 Å². The van der Waals surface area contributed by atoms with Crippen LogP contribution >= 0.6 is 11.6 Å². The van der Waals surface area contributed by atoms with Gasteiger partial charge in [0.05, 0.1) is 5.56 Å². The van der Waals surface area contributed by atoms with E-state index in [0.29, 0.717) is 10.9 Å². The highest BCUT2D eigenvalue weighted by Crippen LogP contribution is 2.37. The number of anilines is 1. The van der Waals surface area contributed by atoms with Crippen molar-refractivity contribution in [2.24, 2.45) is 5.41 Å². The van der Waals surface area contributed by atoms with Crippen LogP contribution in [0.3, 0.4) is 0 Å². The lowest BCUT2D eigenvalue weighted by molar-refractivity contribution is 0.358. The van der Waals surface area contributed by atoms with E-state index in [0.717, 1.165) is 22.5 Å². The standard InChI is InChI=1S/C18H22ClN5/c1-11-8-6-7-9-13(11)14-15(19)23-17-20-10-21-24(17)16(14)22-12(2)18(3,4)5/h6-10,12,22H,1-5H3. The fraction of sp³-hybridized carbons (Fsp3) is 0.389. The Kier molecular flexibility index (Phi) is 4.22. The van der Waals surface area contributed by atoms with Crippen molar-refractivity contribution in [2.75, 3.05) is 5.32 Å². The van der Waals surface area contributed by atoms with Gasteiger partial charge in [-0.3, -0.25) is 0 Å². The summed E-state index contributed by atoms with van der Waals surface area (Å²) >= 11 is 6.54. The molecule has 2 heterocycles. The van der Waals surface area contributed by atoms with Gasteiger partial charge in [0.2, 0.25) is 0 Å². The average Bonchev–Trinajstić information content (AvgIpc) is 2.95. The minimum atomic E-state index is 0.0751. The van der Waals surface area contributed by atoms with E-state index in [1.807, 2.05) is 18.2 Å². The predicted molar refractivity (Wildman–Crippen MR) is 98.5 cm³/mol. The predicted octanol–water partition coefficient (Wildman–Crippen LogP) is 4.60. The number of hydrogen-bond acceptors (Lipinski definition) is 4. The molecule has 3 rings (SSSR count). The summed E-state index contributed by atoms with van der Waals surface area (Å²) in [4.78, 5) is 8.58. The van der Waals surface area contributed by atoms with Crippen LogP contribution in [0, 0.1) is 12.3 Å². The van der Waals surface area contributed by atoms with Crippen molar-refractivity contribution in [3.05, 3.63) is 41.3 Å². The minimum Gasteiger partial charge on any atom is -0.366 e. The summed E-state index contributed by atoms with van der Waals surface area (Å²) < 4.78 is 1.72. The Morgan fingerprint density at radius 3 is 2.58 bits per heavy atom. The number of benzene rings is 1. The van der Waals surface area contributed by atoms with Gasteiger partial charge in [0, 0.05) is 6.04 Å². The van der Waals surface area contributed by atoms with Crippen molar-refractivity contribution < 1.29 is 0 Å². The fourth-order valence-corrected chi connectivity index (χ4v) is 2.73. The maximum Gasteiger partial charge on any atom is 0.255 e. The fourth-order valence-electron chi connectivity index (χ4n) is 2.46. The third-order valence-electron chi connectivity index (χ3n) is 4.45. The topological polar surface area (TPSA) is 55.1 Å². The zero-order chi connectivity index (χ0) is 17.5. The molecule has 1 aromatic carbocycles. The minimum absolute atomic E-state index is 0.0751. The van der Waals surface area contributed by atoms with E-state index in [-0.39, 0.29) is 11.5 Å². The number of aromatic nitrogens is 4. The van der Waals surface area contributed by atoms with E-state index in [9.17, 15) is 0 Å². The number of nitrogens with one attached hydrogen (secondary N) is 1. The third kappa shape index (κ3) is 2.96. The van der Waals surface area contributed by atoms with Gasteiger partial charge in [0.25, 0.3) is 5.78 Å². The Labute approximate surface area is 147 Å². The van der Waals surface area contributed by atoms with E-state index in [2.05, 4.69) is 61.1 Å². The Morgan fingerprint density at radius 1 is 1.21 bits per heavy atom.